The van der Waals surface area contributed by atoms with E-state index >= 15 is 0 Å². The minimum Gasteiger partial charge on any atom is -0.390 e. The number of aliphatic hydroxyl groups excluding tert-OH is 1. The zero-order valence-corrected chi connectivity index (χ0v) is 10.5. The van der Waals surface area contributed by atoms with Crippen LogP contribution in [0.3, 0.4) is 0 Å². The quantitative estimate of drug-likeness (QED) is 0.778. The second-order valence-electron chi connectivity index (χ2n) is 4.36. The zero-order valence-electron chi connectivity index (χ0n) is 10.5. The van der Waals surface area contributed by atoms with Crippen LogP contribution in [-0.2, 0) is 11.2 Å². The first-order valence-electron chi connectivity index (χ1n) is 5.79. The third kappa shape index (κ3) is 5.16. The van der Waals surface area contributed by atoms with Gasteiger partial charge in [0.1, 0.15) is 6.61 Å². The molecule has 0 saturated carbocycles. The summed E-state index contributed by atoms with van der Waals surface area (Å²) in [6.07, 6.45) is -4.54. The number of hydrogen-bond donors (Lipinski definition) is 1. The average molecular weight is 280 g/mol. The van der Waals surface area contributed by atoms with E-state index in [-0.39, 0.29) is 6.42 Å². The van der Waals surface area contributed by atoms with Gasteiger partial charge in [-0.15, -0.1) is 0 Å². The summed E-state index contributed by atoms with van der Waals surface area (Å²) in [5.41, 5.74) is 1.82. The summed E-state index contributed by atoms with van der Waals surface area (Å²) >= 11 is 0. The van der Waals surface area contributed by atoms with Crippen LogP contribution in [0.15, 0.2) is 24.3 Å². The second-order valence-corrected chi connectivity index (χ2v) is 4.36. The molecule has 6 heteroatoms. The van der Waals surface area contributed by atoms with Crippen molar-refractivity contribution in [1.82, 2.24) is 0 Å². The molecule has 0 amide bonds. The Kier molecular flexibility index (Phi) is 5.75. The van der Waals surface area contributed by atoms with E-state index in [9.17, 15) is 22.7 Å². The topological polar surface area (TPSA) is 29.5 Å². The summed E-state index contributed by atoms with van der Waals surface area (Å²) in [5.74, 6) is -4.18. The van der Waals surface area contributed by atoms with Gasteiger partial charge in [-0.1, -0.05) is 24.3 Å². The molecule has 1 N–H and O–H groups in total. The zero-order chi connectivity index (χ0) is 14.5. The van der Waals surface area contributed by atoms with Crippen molar-refractivity contribution in [2.45, 2.75) is 31.8 Å². The third-order valence-corrected chi connectivity index (χ3v) is 2.64. The lowest BCUT2D eigenvalue weighted by molar-refractivity contribution is -0.170. The first kappa shape index (κ1) is 15.9. The van der Waals surface area contributed by atoms with Crippen LogP contribution < -0.4 is 0 Å². The number of rotatable bonds is 7. The van der Waals surface area contributed by atoms with Gasteiger partial charge < -0.3 is 9.84 Å². The largest absolute Gasteiger partial charge is 0.390 e. The lowest BCUT2D eigenvalue weighted by Crippen LogP contribution is -2.34. The Morgan fingerprint density at radius 1 is 1.26 bits per heavy atom. The second kappa shape index (κ2) is 6.86. The van der Waals surface area contributed by atoms with Gasteiger partial charge >= 0.3 is 12.3 Å². The van der Waals surface area contributed by atoms with Gasteiger partial charge in [-0.3, -0.25) is 0 Å². The van der Waals surface area contributed by atoms with Crippen LogP contribution in [-0.4, -0.2) is 36.8 Å². The maximum Gasteiger partial charge on any atom is 0.330 e. The maximum atomic E-state index is 12.5. The Labute approximate surface area is 109 Å². The van der Waals surface area contributed by atoms with Crippen molar-refractivity contribution in [3.8, 4) is 0 Å². The normalized spacial score (nSPS) is 13.8. The summed E-state index contributed by atoms with van der Waals surface area (Å²) in [7, 11) is 0. The SMILES string of the molecule is Cc1ccccc1CC(O)COCC(F)(F)C(F)F. The molecule has 0 aliphatic carbocycles. The van der Waals surface area contributed by atoms with E-state index in [2.05, 4.69) is 4.74 Å². The molecule has 0 aliphatic rings. The van der Waals surface area contributed by atoms with Crippen molar-refractivity contribution in [3.63, 3.8) is 0 Å². The van der Waals surface area contributed by atoms with Crippen molar-refractivity contribution < 1.29 is 27.4 Å². The number of halogens is 4. The van der Waals surface area contributed by atoms with Crippen molar-refractivity contribution in [3.05, 3.63) is 35.4 Å². The molecule has 0 heterocycles. The molecule has 1 unspecified atom stereocenters. The molecule has 0 fully saturated rings. The lowest BCUT2D eigenvalue weighted by Gasteiger charge is -2.17. The Hall–Kier alpha value is -1.14. The van der Waals surface area contributed by atoms with Crippen LogP contribution in [0.25, 0.3) is 0 Å². The van der Waals surface area contributed by atoms with Crippen molar-refractivity contribution >= 4 is 0 Å². The summed E-state index contributed by atoms with van der Waals surface area (Å²) in [6.45, 7) is 0.0556. The van der Waals surface area contributed by atoms with Gasteiger partial charge in [-0.05, 0) is 18.1 Å². The van der Waals surface area contributed by atoms with Gasteiger partial charge in [0.2, 0.25) is 0 Å². The molecule has 0 aromatic heterocycles. The predicted molar refractivity (Wildman–Crippen MR) is 62.7 cm³/mol. The minimum absolute atomic E-state index is 0.229. The van der Waals surface area contributed by atoms with Gasteiger partial charge in [0, 0.05) is 6.42 Å². The van der Waals surface area contributed by atoms with Gasteiger partial charge in [0.25, 0.3) is 0 Å². The van der Waals surface area contributed by atoms with E-state index in [0.29, 0.717) is 0 Å². The van der Waals surface area contributed by atoms with Crippen LogP contribution >= 0.6 is 0 Å². The highest BCUT2D eigenvalue weighted by atomic mass is 19.3. The highest BCUT2D eigenvalue weighted by molar-refractivity contribution is 5.26. The first-order chi connectivity index (χ1) is 8.83. The molecule has 2 nitrogen and oxygen atoms in total. The number of ether oxygens (including phenoxy) is 1. The number of aryl methyl sites for hydroxylation is 1. The third-order valence-electron chi connectivity index (χ3n) is 2.64. The molecule has 0 saturated heterocycles. The summed E-state index contributed by atoms with van der Waals surface area (Å²) in [6, 6.07) is 7.28. The van der Waals surface area contributed by atoms with Gasteiger partial charge in [-0.2, -0.15) is 8.78 Å². The van der Waals surface area contributed by atoms with E-state index < -0.39 is 31.7 Å². The van der Waals surface area contributed by atoms with E-state index in [1.807, 2.05) is 19.1 Å². The highest BCUT2D eigenvalue weighted by Gasteiger charge is 2.41. The average Bonchev–Trinajstić information content (AvgIpc) is 2.31. The monoisotopic (exact) mass is 280 g/mol. The number of hydrogen-bond acceptors (Lipinski definition) is 2. The number of alkyl halides is 4. The maximum absolute atomic E-state index is 12.5. The molecular weight excluding hydrogens is 264 g/mol. The molecule has 1 aromatic carbocycles. The molecule has 0 aliphatic heterocycles. The smallest absolute Gasteiger partial charge is 0.330 e. The van der Waals surface area contributed by atoms with Gasteiger partial charge in [-0.25, -0.2) is 8.78 Å². The van der Waals surface area contributed by atoms with E-state index in [1.165, 1.54) is 0 Å². The van der Waals surface area contributed by atoms with Crippen LogP contribution in [0.1, 0.15) is 11.1 Å². The molecule has 1 rings (SSSR count). The van der Waals surface area contributed by atoms with Crippen molar-refractivity contribution in [2.75, 3.05) is 13.2 Å². The van der Waals surface area contributed by atoms with E-state index in [4.69, 9.17) is 0 Å². The van der Waals surface area contributed by atoms with Crippen LogP contribution in [0.2, 0.25) is 0 Å². The Bertz CT molecular complexity index is 396. The van der Waals surface area contributed by atoms with E-state index in [0.717, 1.165) is 11.1 Å². The fraction of sp³-hybridized carbons (Fsp3) is 0.538. The molecule has 19 heavy (non-hydrogen) atoms. The molecule has 108 valence electrons. The van der Waals surface area contributed by atoms with E-state index in [1.54, 1.807) is 12.1 Å². The van der Waals surface area contributed by atoms with Gasteiger partial charge in [0.05, 0.1) is 12.7 Å². The lowest BCUT2D eigenvalue weighted by atomic mass is 10.0. The number of benzene rings is 1. The highest BCUT2D eigenvalue weighted by Crippen LogP contribution is 2.23. The van der Waals surface area contributed by atoms with Crippen LogP contribution in [0.5, 0.6) is 0 Å². The summed E-state index contributed by atoms with van der Waals surface area (Å²) < 4.78 is 53.2. The molecule has 1 atom stereocenters. The Morgan fingerprint density at radius 3 is 2.47 bits per heavy atom. The fourth-order valence-corrected chi connectivity index (χ4v) is 1.55. The summed E-state index contributed by atoms with van der Waals surface area (Å²) in [5, 5.41) is 9.61. The van der Waals surface area contributed by atoms with Crippen LogP contribution in [0, 0.1) is 6.92 Å². The fourth-order valence-electron chi connectivity index (χ4n) is 1.55. The van der Waals surface area contributed by atoms with Gasteiger partial charge in [0.15, 0.2) is 0 Å². The molecule has 0 bridgehead atoms. The first-order valence-corrected chi connectivity index (χ1v) is 5.79. The van der Waals surface area contributed by atoms with Crippen molar-refractivity contribution in [1.29, 1.82) is 0 Å². The summed E-state index contributed by atoms with van der Waals surface area (Å²) in [4.78, 5) is 0. The Morgan fingerprint density at radius 2 is 1.89 bits per heavy atom. The minimum atomic E-state index is -4.18. The molecule has 0 spiro atoms. The predicted octanol–water partition coefficient (Wildman–Crippen LogP) is 2.82. The van der Waals surface area contributed by atoms with Crippen molar-refractivity contribution in [2.24, 2.45) is 0 Å². The molecule has 1 aromatic rings. The molecular formula is C13H16F4O2. The standard InChI is InChI=1S/C13H16F4O2/c1-9-4-2-3-5-10(9)6-11(18)7-19-8-13(16,17)12(14)15/h2-5,11-12,18H,6-8H2,1H3. The van der Waals surface area contributed by atoms with Crippen LogP contribution in [0.4, 0.5) is 17.6 Å². The Balaban J connectivity index is 2.37. The number of aliphatic hydroxyl groups is 1. The molecule has 0 radical (unpaired) electrons.